The third-order valence-electron chi connectivity index (χ3n) is 2.04. The fourth-order valence-electron chi connectivity index (χ4n) is 1.23. The molecule has 0 aliphatic carbocycles. The van der Waals surface area contributed by atoms with Crippen LogP contribution in [0.4, 0.5) is 5.82 Å². The lowest BCUT2D eigenvalue weighted by Gasteiger charge is -2.06. The second-order valence-corrected chi connectivity index (χ2v) is 4.52. The number of rotatable bonds is 3. The van der Waals surface area contributed by atoms with Crippen molar-refractivity contribution in [2.24, 2.45) is 0 Å². The van der Waals surface area contributed by atoms with Crippen molar-refractivity contribution >= 4 is 33.3 Å². The normalized spacial score (nSPS) is 10.1. The van der Waals surface area contributed by atoms with E-state index < -0.39 is 0 Å². The minimum absolute atomic E-state index is 0.527. The third kappa shape index (κ3) is 2.93. The van der Waals surface area contributed by atoms with Gasteiger partial charge in [-0.15, -0.1) is 0 Å². The highest BCUT2D eigenvalue weighted by atomic mass is 79.9. The molecule has 2 aromatic rings. The lowest BCUT2D eigenvalue weighted by atomic mass is 10.2. The Hall–Kier alpha value is -1.13. The van der Waals surface area contributed by atoms with Gasteiger partial charge in [-0.2, -0.15) is 0 Å². The summed E-state index contributed by atoms with van der Waals surface area (Å²) in [6.07, 6.45) is 3.04. The average molecular weight is 299 g/mol. The van der Waals surface area contributed by atoms with Gasteiger partial charge in [-0.05, 0) is 17.7 Å². The molecule has 0 aliphatic heterocycles. The van der Waals surface area contributed by atoms with Gasteiger partial charge in [0.2, 0.25) is 0 Å². The Labute approximate surface area is 107 Å². The molecule has 0 aliphatic rings. The minimum Gasteiger partial charge on any atom is -0.365 e. The Balaban J connectivity index is 2.02. The van der Waals surface area contributed by atoms with Gasteiger partial charge in [0, 0.05) is 11.0 Å². The van der Waals surface area contributed by atoms with Crippen molar-refractivity contribution in [1.82, 2.24) is 9.97 Å². The number of benzene rings is 1. The predicted molar refractivity (Wildman–Crippen MR) is 68.5 cm³/mol. The van der Waals surface area contributed by atoms with Gasteiger partial charge in [0.15, 0.2) is 0 Å². The van der Waals surface area contributed by atoms with Crippen LogP contribution in [0.2, 0.25) is 5.02 Å². The van der Waals surface area contributed by atoms with Crippen LogP contribution in [0.25, 0.3) is 0 Å². The second-order valence-electron chi connectivity index (χ2n) is 3.20. The molecule has 2 rings (SSSR count). The first-order chi connectivity index (χ1) is 7.75. The molecule has 0 unspecified atom stereocenters. The third-order valence-corrected chi connectivity index (χ3v) is 2.85. The molecular weight excluding hydrogens is 289 g/mol. The summed E-state index contributed by atoms with van der Waals surface area (Å²) in [5.41, 5.74) is 1.16. The van der Waals surface area contributed by atoms with Gasteiger partial charge in [-0.1, -0.05) is 39.7 Å². The van der Waals surface area contributed by atoms with Crippen molar-refractivity contribution < 1.29 is 0 Å². The maximum atomic E-state index is 5.92. The summed E-state index contributed by atoms with van der Waals surface area (Å²) in [6.45, 7) is 0.685. The van der Waals surface area contributed by atoms with E-state index in [2.05, 4.69) is 31.2 Å². The van der Waals surface area contributed by atoms with Crippen LogP contribution >= 0.6 is 27.5 Å². The molecule has 1 aromatic heterocycles. The minimum atomic E-state index is 0.527. The maximum absolute atomic E-state index is 5.92. The topological polar surface area (TPSA) is 37.8 Å². The van der Waals surface area contributed by atoms with Crippen LogP contribution in [0.15, 0.2) is 41.3 Å². The largest absolute Gasteiger partial charge is 0.365 e. The summed E-state index contributed by atoms with van der Waals surface area (Å²) in [6, 6.07) is 8.07. The Kier molecular flexibility index (Phi) is 3.74. The smallest absolute Gasteiger partial charge is 0.148 e. The molecule has 5 heteroatoms. The van der Waals surface area contributed by atoms with Gasteiger partial charge >= 0.3 is 0 Å². The molecule has 0 atom stereocenters. The van der Waals surface area contributed by atoms with Gasteiger partial charge < -0.3 is 5.32 Å². The van der Waals surface area contributed by atoms with Crippen LogP contribution in [0.5, 0.6) is 0 Å². The van der Waals surface area contributed by atoms with Crippen molar-refractivity contribution in [1.29, 1.82) is 0 Å². The maximum Gasteiger partial charge on any atom is 0.148 e. The van der Waals surface area contributed by atoms with Crippen molar-refractivity contribution in [3.05, 3.63) is 51.8 Å². The van der Waals surface area contributed by atoms with E-state index in [4.69, 9.17) is 11.6 Å². The van der Waals surface area contributed by atoms with Crippen molar-refractivity contribution in [2.45, 2.75) is 6.54 Å². The van der Waals surface area contributed by atoms with Gasteiger partial charge in [0.25, 0.3) is 0 Å². The highest BCUT2D eigenvalue weighted by molar-refractivity contribution is 9.10. The predicted octanol–water partition coefficient (Wildman–Crippen LogP) is 3.50. The standard InChI is InChI=1S/C11H9BrClN3/c12-9-3-1-8(2-4-9)5-15-11-10(13)6-14-7-16-11/h1-4,6-7H,5H2,(H,14,15,16). The van der Waals surface area contributed by atoms with Gasteiger partial charge in [0.1, 0.15) is 17.2 Å². The summed E-state index contributed by atoms with van der Waals surface area (Å²) < 4.78 is 1.07. The van der Waals surface area contributed by atoms with E-state index in [0.717, 1.165) is 10.0 Å². The summed E-state index contributed by atoms with van der Waals surface area (Å²) in [7, 11) is 0. The quantitative estimate of drug-likeness (QED) is 0.942. The molecule has 0 radical (unpaired) electrons. The van der Waals surface area contributed by atoms with E-state index in [9.17, 15) is 0 Å². The molecule has 0 saturated carbocycles. The van der Waals surface area contributed by atoms with Gasteiger partial charge in [0.05, 0.1) is 6.20 Å². The number of hydrogen-bond donors (Lipinski definition) is 1. The summed E-state index contributed by atoms with van der Waals surface area (Å²) in [4.78, 5) is 7.87. The summed E-state index contributed by atoms with van der Waals surface area (Å²) >= 11 is 9.31. The van der Waals surface area contributed by atoms with Crippen molar-refractivity contribution in [2.75, 3.05) is 5.32 Å². The zero-order valence-electron chi connectivity index (χ0n) is 8.32. The number of nitrogens with one attached hydrogen (secondary N) is 1. The number of halogens is 2. The van der Waals surface area contributed by atoms with E-state index in [1.807, 2.05) is 24.3 Å². The van der Waals surface area contributed by atoms with E-state index in [-0.39, 0.29) is 0 Å². The number of aromatic nitrogens is 2. The van der Waals surface area contributed by atoms with Crippen LogP contribution in [0, 0.1) is 0 Å². The molecule has 16 heavy (non-hydrogen) atoms. The van der Waals surface area contributed by atoms with Crippen LogP contribution < -0.4 is 5.32 Å². The fourth-order valence-corrected chi connectivity index (χ4v) is 1.67. The molecule has 0 bridgehead atoms. The average Bonchev–Trinajstić information content (AvgIpc) is 2.30. The molecule has 1 aromatic carbocycles. The molecule has 0 fully saturated rings. The van der Waals surface area contributed by atoms with Crippen LogP contribution in [0.3, 0.4) is 0 Å². The number of nitrogens with zero attached hydrogens (tertiary/aromatic N) is 2. The first-order valence-electron chi connectivity index (χ1n) is 4.69. The van der Waals surface area contributed by atoms with E-state index in [0.29, 0.717) is 17.4 Å². The molecule has 82 valence electrons. The number of hydrogen-bond acceptors (Lipinski definition) is 3. The molecule has 3 nitrogen and oxygen atoms in total. The molecular formula is C11H9BrClN3. The van der Waals surface area contributed by atoms with Crippen LogP contribution in [0.1, 0.15) is 5.56 Å². The molecule has 1 heterocycles. The van der Waals surface area contributed by atoms with Gasteiger partial charge in [-0.25, -0.2) is 9.97 Å². The molecule has 0 amide bonds. The van der Waals surface area contributed by atoms with Crippen LogP contribution in [-0.4, -0.2) is 9.97 Å². The van der Waals surface area contributed by atoms with Crippen molar-refractivity contribution in [3.8, 4) is 0 Å². The second kappa shape index (κ2) is 5.27. The van der Waals surface area contributed by atoms with E-state index in [1.54, 1.807) is 6.20 Å². The lowest BCUT2D eigenvalue weighted by molar-refractivity contribution is 1.08. The highest BCUT2D eigenvalue weighted by Gasteiger charge is 2.00. The Morgan fingerprint density at radius 1 is 1.25 bits per heavy atom. The molecule has 0 saturated heterocycles. The van der Waals surface area contributed by atoms with Gasteiger partial charge in [-0.3, -0.25) is 0 Å². The number of anilines is 1. The first-order valence-corrected chi connectivity index (χ1v) is 5.86. The zero-order valence-corrected chi connectivity index (χ0v) is 10.7. The molecule has 1 N–H and O–H groups in total. The molecule has 0 spiro atoms. The van der Waals surface area contributed by atoms with E-state index >= 15 is 0 Å². The van der Waals surface area contributed by atoms with Crippen molar-refractivity contribution in [3.63, 3.8) is 0 Å². The monoisotopic (exact) mass is 297 g/mol. The van der Waals surface area contributed by atoms with E-state index in [1.165, 1.54) is 6.33 Å². The Bertz CT molecular complexity index is 473. The Morgan fingerprint density at radius 2 is 2.00 bits per heavy atom. The summed E-state index contributed by atoms with van der Waals surface area (Å²) in [5, 5.41) is 3.68. The Morgan fingerprint density at radius 3 is 2.69 bits per heavy atom. The highest BCUT2D eigenvalue weighted by Crippen LogP contribution is 2.17. The SMILES string of the molecule is Clc1cncnc1NCc1ccc(Br)cc1. The summed E-state index contributed by atoms with van der Waals surface area (Å²) in [5.74, 6) is 0.652. The zero-order chi connectivity index (χ0) is 11.4. The first kappa shape index (κ1) is 11.4. The fraction of sp³-hybridized carbons (Fsp3) is 0.0909. The lowest BCUT2D eigenvalue weighted by Crippen LogP contribution is -2.01. The van der Waals surface area contributed by atoms with Crippen LogP contribution in [-0.2, 0) is 6.54 Å².